The fourth-order valence-corrected chi connectivity index (χ4v) is 2.22. The van der Waals surface area contributed by atoms with E-state index in [1.54, 1.807) is 0 Å². The number of fused-ring (bicyclic) bond motifs is 1. The van der Waals surface area contributed by atoms with Crippen LogP contribution in [0.15, 0.2) is 24.3 Å². The van der Waals surface area contributed by atoms with Gasteiger partial charge in [-0.2, -0.15) is 0 Å². The molecule has 0 radical (unpaired) electrons. The van der Waals surface area contributed by atoms with Gasteiger partial charge in [0.05, 0.1) is 0 Å². The van der Waals surface area contributed by atoms with Gasteiger partial charge in [-0.1, -0.05) is 12.1 Å². The van der Waals surface area contributed by atoms with Crippen molar-refractivity contribution in [3.63, 3.8) is 0 Å². The quantitative estimate of drug-likeness (QED) is 0.744. The molecule has 17 heavy (non-hydrogen) atoms. The Bertz CT molecular complexity index is 488. The van der Waals surface area contributed by atoms with Crippen molar-refractivity contribution >= 4 is 11.4 Å². The van der Waals surface area contributed by atoms with Gasteiger partial charge in [-0.25, -0.2) is 0 Å². The predicted molar refractivity (Wildman–Crippen MR) is 64.3 cm³/mol. The van der Waals surface area contributed by atoms with Crippen molar-refractivity contribution in [3.8, 4) is 11.5 Å². The molecule has 0 bridgehead atoms. The number of hydrogen-bond acceptors (Lipinski definition) is 3. The molecule has 3 heteroatoms. The lowest BCUT2D eigenvalue weighted by Crippen LogP contribution is -2.15. The Morgan fingerprint density at radius 3 is 2.59 bits per heavy atom. The molecule has 1 aliphatic heterocycles. The maximum absolute atomic E-state index is 11.2. The molecule has 1 aromatic rings. The highest BCUT2D eigenvalue weighted by atomic mass is 16.6. The van der Waals surface area contributed by atoms with Crippen LogP contribution in [0, 0.1) is 0 Å². The minimum absolute atomic E-state index is 0.325. The zero-order valence-corrected chi connectivity index (χ0v) is 9.57. The van der Waals surface area contributed by atoms with Crippen molar-refractivity contribution in [2.45, 2.75) is 19.3 Å². The highest BCUT2D eigenvalue weighted by molar-refractivity contribution is 5.87. The SMILES string of the molecule is O=C1CC=C(c2ccc3c(c2)OCCO3)CC1. The minimum Gasteiger partial charge on any atom is -0.486 e. The highest BCUT2D eigenvalue weighted by Gasteiger charge is 2.16. The lowest BCUT2D eigenvalue weighted by atomic mass is 9.93. The molecular weight excluding hydrogens is 216 g/mol. The number of Topliss-reactive ketones (excluding diaryl/α,β-unsaturated/α-hetero) is 1. The standard InChI is InChI=1S/C14H14O3/c15-12-4-1-10(2-5-12)11-3-6-13-14(9-11)17-8-7-16-13/h1,3,6,9H,2,4-5,7-8H2. The zero-order valence-electron chi connectivity index (χ0n) is 9.57. The van der Waals surface area contributed by atoms with Gasteiger partial charge in [0.15, 0.2) is 11.5 Å². The van der Waals surface area contributed by atoms with Crippen molar-refractivity contribution in [2.24, 2.45) is 0 Å². The number of hydrogen-bond donors (Lipinski definition) is 0. The molecule has 1 aromatic carbocycles. The molecule has 1 aliphatic carbocycles. The van der Waals surface area contributed by atoms with E-state index < -0.39 is 0 Å². The molecule has 0 unspecified atom stereocenters. The third kappa shape index (κ3) is 2.05. The normalized spacial score (nSPS) is 18.8. The van der Waals surface area contributed by atoms with E-state index in [1.165, 1.54) is 5.57 Å². The van der Waals surface area contributed by atoms with Crippen LogP contribution in [0.3, 0.4) is 0 Å². The zero-order chi connectivity index (χ0) is 11.7. The number of carbonyl (C=O) groups is 1. The molecule has 0 spiro atoms. The molecule has 0 saturated carbocycles. The summed E-state index contributed by atoms with van der Waals surface area (Å²) in [6.07, 6.45) is 4.07. The van der Waals surface area contributed by atoms with Crippen LogP contribution in [0.4, 0.5) is 0 Å². The van der Waals surface area contributed by atoms with Crippen molar-refractivity contribution in [2.75, 3.05) is 13.2 Å². The Balaban J connectivity index is 1.91. The van der Waals surface area contributed by atoms with E-state index in [0.29, 0.717) is 31.8 Å². The summed E-state index contributed by atoms with van der Waals surface area (Å²) in [4.78, 5) is 11.2. The maximum atomic E-state index is 11.2. The molecule has 0 fully saturated rings. The van der Waals surface area contributed by atoms with E-state index in [4.69, 9.17) is 9.47 Å². The molecule has 88 valence electrons. The van der Waals surface area contributed by atoms with E-state index in [-0.39, 0.29) is 0 Å². The Morgan fingerprint density at radius 2 is 1.82 bits per heavy atom. The van der Waals surface area contributed by atoms with Crippen molar-refractivity contribution < 1.29 is 14.3 Å². The number of benzene rings is 1. The molecule has 0 saturated heterocycles. The first-order chi connectivity index (χ1) is 8.33. The topological polar surface area (TPSA) is 35.5 Å². The van der Waals surface area contributed by atoms with Crippen LogP contribution in [0.1, 0.15) is 24.8 Å². The lowest BCUT2D eigenvalue weighted by molar-refractivity contribution is -0.118. The Kier molecular flexibility index (Phi) is 2.59. The summed E-state index contributed by atoms with van der Waals surface area (Å²) >= 11 is 0. The Morgan fingerprint density at radius 1 is 1.00 bits per heavy atom. The number of ether oxygens (including phenoxy) is 2. The van der Waals surface area contributed by atoms with Gasteiger partial charge >= 0.3 is 0 Å². The summed E-state index contributed by atoms with van der Waals surface area (Å²) in [7, 11) is 0. The summed E-state index contributed by atoms with van der Waals surface area (Å²) in [6, 6.07) is 5.99. The van der Waals surface area contributed by atoms with Crippen LogP contribution in [0.25, 0.3) is 5.57 Å². The monoisotopic (exact) mass is 230 g/mol. The number of allylic oxidation sites excluding steroid dienone is 2. The molecule has 3 rings (SSSR count). The van der Waals surface area contributed by atoms with Gasteiger partial charge in [0, 0.05) is 12.8 Å². The fourth-order valence-electron chi connectivity index (χ4n) is 2.22. The van der Waals surface area contributed by atoms with Crippen molar-refractivity contribution in [1.29, 1.82) is 0 Å². The minimum atomic E-state index is 0.325. The Labute approximate surface area is 100 Å². The largest absolute Gasteiger partial charge is 0.486 e. The first-order valence-corrected chi connectivity index (χ1v) is 5.94. The third-order valence-electron chi connectivity index (χ3n) is 3.16. The first-order valence-electron chi connectivity index (χ1n) is 5.94. The van der Waals surface area contributed by atoms with E-state index in [2.05, 4.69) is 0 Å². The second-order valence-corrected chi connectivity index (χ2v) is 4.33. The average molecular weight is 230 g/mol. The highest BCUT2D eigenvalue weighted by Crippen LogP contribution is 2.35. The molecule has 2 aliphatic rings. The second kappa shape index (κ2) is 4.24. The second-order valence-electron chi connectivity index (χ2n) is 4.33. The van der Waals surface area contributed by atoms with Gasteiger partial charge in [0.1, 0.15) is 19.0 Å². The van der Waals surface area contributed by atoms with Crippen molar-refractivity contribution in [3.05, 3.63) is 29.8 Å². The summed E-state index contributed by atoms with van der Waals surface area (Å²) in [5, 5.41) is 0. The van der Waals surface area contributed by atoms with E-state index in [0.717, 1.165) is 23.5 Å². The van der Waals surface area contributed by atoms with Gasteiger partial charge in [-0.15, -0.1) is 0 Å². The van der Waals surface area contributed by atoms with Gasteiger partial charge in [0.25, 0.3) is 0 Å². The van der Waals surface area contributed by atoms with Crippen LogP contribution in [-0.2, 0) is 4.79 Å². The van der Waals surface area contributed by atoms with E-state index in [1.807, 2.05) is 24.3 Å². The molecule has 0 amide bonds. The molecule has 0 N–H and O–H groups in total. The molecular formula is C14H14O3. The van der Waals surface area contributed by atoms with Crippen LogP contribution in [-0.4, -0.2) is 19.0 Å². The number of rotatable bonds is 1. The van der Waals surface area contributed by atoms with Gasteiger partial charge in [-0.3, -0.25) is 4.79 Å². The smallest absolute Gasteiger partial charge is 0.161 e. The van der Waals surface area contributed by atoms with E-state index >= 15 is 0 Å². The Hall–Kier alpha value is -1.77. The summed E-state index contributed by atoms with van der Waals surface area (Å²) < 4.78 is 11.0. The maximum Gasteiger partial charge on any atom is 0.161 e. The third-order valence-corrected chi connectivity index (χ3v) is 3.16. The average Bonchev–Trinajstić information content (AvgIpc) is 2.39. The summed E-state index contributed by atoms with van der Waals surface area (Å²) in [6.45, 7) is 1.22. The molecule has 1 heterocycles. The van der Waals surface area contributed by atoms with Gasteiger partial charge in [0.2, 0.25) is 0 Å². The van der Waals surface area contributed by atoms with Crippen LogP contribution in [0.5, 0.6) is 11.5 Å². The molecule has 3 nitrogen and oxygen atoms in total. The van der Waals surface area contributed by atoms with Gasteiger partial charge < -0.3 is 9.47 Å². The predicted octanol–water partition coefficient (Wildman–Crippen LogP) is 2.59. The molecule has 0 aromatic heterocycles. The first kappa shape index (κ1) is 10.4. The van der Waals surface area contributed by atoms with Crippen LogP contribution < -0.4 is 9.47 Å². The number of ketones is 1. The van der Waals surface area contributed by atoms with E-state index in [9.17, 15) is 4.79 Å². The van der Waals surface area contributed by atoms with Crippen LogP contribution in [0.2, 0.25) is 0 Å². The lowest BCUT2D eigenvalue weighted by Gasteiger charge is -2.20. The fraction of sp³-hybridized carbons (Fsp3) is 0.357. The summed E-state index contributed by atoms with van der Waals surface area (Å²) in [5.41, 5.74) is 2.38. The molecule has 0 atom stereocenters. The number of carbonyl (C=O) groups excluding carboxylic acids is 1. The van der Waals surface area contributed by atoms with Crippen LogP contribution >= 0.6 is 0 Å². The van der Waals surface area contributed by atoms with Gasteiger partial charge in [-0.05, 0) is 29.7 Å². The van der Waals surface area contributed by atoms with Crippen molar-refractivity contribution in [1.82, 2.24) is 0 Å². The summed E-state index contributed by atoms with van der Waals surface area (Å²) in [5.74, 6) is 1.95.